The van der Waals surface area contributed by atoms with E-state index in [1.54, 1.807) is 18.7 Å². The molecule has 1 aliphatic carbocycles. The third kappa shape index (κ3) is 5.76. The lowest BCUT2D eigenvalue weighted by molar-refractivity contribution is -0.127. The Kier molecular flexibility index (Phi) is 7.93. The van der Waals surface area contributed by atoms with Crippen LogP contribution in [-0.4, -0.2) is 35.0 Å². The Balaban J connectivity index is 1.42. The molecule has 5 rings (SSSR count). The number of amides is 1. The molecular weight excluding hydrogens is 538 g/mol. The van der Waals surface area contributed by atoms with Crippen LogP contribution in [0, 0.1) is 5.92 Å². The Morgan fingerprint density at radius 1 is 1.03 bits per heavy atom. The largest absolute Gasteiger partial charge is 0.498 e. The molecule has 7 heteroatoms. The number of ether oxygens (including phenoxy) is 1. The molecule has 1 unspecified atom stereocenters. The highest BCUT2D eigenvalue weighted by molar-refractivity contribution is 9.10. The molecule has 2 aromatic carbocycles. The van der Waals surface area contributed by atoms with Gasteiger partial charge in [0.1, 0.15) is 6.61 Å². The Hall–Kier alpha value is -2.83. The highest BCUT2D eigenvalue weighted by atomic mass is 79.9. The van der Waals surface area contributed by atoms with Crippen molar-refractivity contribution < 1.29 is 9.53 Å². The van der Waals surface area contributed by atoms with E-state index in [4.69, 9.17) is 16.3 Å². The van der Waals surface area contributed by atoms with Crippen LogP contribution in [-0.2, 0) is 9.53 Å². The van der Waals surface area contributed by atoms with Crippen LogP contribution < -0.4 is 5.32 Å². The van der Waals surface area contributed by atoms with Crippen LogP contribution in [0.2, 0.25) is 5.02 Å². The summed E-state index contributed by atoms with van der Waals surface area (Å²) in [5, 5.41) is 4.05. The van der Waals surface area contributed by atoms with Gasteiger partial charge in [-0.2, -0.15) is 0 Å². The van der Waals surface area contributed by atoms with Gasteiger partial charge in [-0.3, -0.25) is 9.78 Å². The Morgan fingerprint density at radius 3 is 2.44 bits per heavy atom. The van der Waals surface area contributed by atoms with Crippen molar-refractivity contribution in [1.29, 1.82) is 0 Å². The molecule has 1 amide bonds. The molecule has 2 aliphatic rings. The summed E-state index contributed by atoms with van der Waals surface area (Å²) >= 11 is 9.70. The van der Waals surface area contributed by atoms with Crippen molar-refractivity contribution in [2.24, 2.45) is 5.92 Å². The second kappa shape index (κ2) is 11.5. The average molecular weight is 567 g/mol. The maximum atomic E-state index is 13.9. The first-order valence-electron chi connectivity index (χ1n) is 12.3. The van der Waals surface area contributed by atoms with Gasteiger partial charge in [0, 0.05) is 40.0 Å². The van der Waals surface area contributed by atoms with Crippen LogP contribution in [0.25, 0.3) is 0 Å². The highest BCUT2D eigenvalue weighted by Crippen LogP contribution is 2.41. The van der Waals surface area contributed by atoms with Crippen molar-refractivity contribution in [3.8, 4) is 0 Å². The van der Waals surface area contributed by atoms with Crippen molar-refractivity contribution in [2.75, 3.05) is 13.2 Å². The molecular formula is C29H29BrClN3O2. The van der Waals surface area contributed by atoms with Crippen LogP contribution in [0.15, 0.2) is 90.0 Å². The number of hydrogen-bond donors (Lipinski definition) is 1. The number of benzene rings is 2. The number of pyridine rings is 1. The first-order valence-corrected chi connectivity index (χ1v) is 13.5. The molecule has 3 aromatic rings. The maximum absolute atomic E-state index is 13.9. The monoisotopic (exact) mass is 565 g/mol. The SMILES string of the molecule is O=C(NC(c1ccncc1)c1ccc(Cl)cc1)[C@@H]1CC[C@H](N2C=COCC2)C[C@H]1c1ccc(Br)cc1. The van der Waals surface area contributed by atoms with E-state index in [0.717, 1.165) is 41.4 Å². The molecule has 1 aromatic heterocycles. The number of halogens is 2. The molecule has 1 saturated carbocycles. The normalized spacial score (nSPS) is 22.5. The fraction of sp³-hybridized carbons (Fsp3) is 0.310. The molecule has 0 radical (unpaired) electrons. The summed E-state index contributed by atoms with van der Waals surface area (Å²) < 4.78 is 6.44. The molecule has 186 valence electrons. The van der Waals surface area contributed by atoms with Crippen molar-refractivity contribution >= 4 is 33.4 Å². The average Bonchev–Trinajstić information content (AvgIpc) is 2.93. The molecule has 1 N–H and O–H groups in total. The number of carbonyl (C=O) groups excluding carboxylic acids is 1. The van der Waals surface area contributed by atoms with E-state index in [2.05, 4.69) is 55.4 Å². The molecule has 0 saturated heterocycles. The lowest BCUT2D eigenvalue weighted by atomic mass is 9.72. The van der Waals surface area contributed by atoms with Crippen LogP contribution in [0.4, 0.5) is 0 Å². The molecule has 4 atom stereocenters. The van der Waals surface area contributed by atoms with Gasteiger partial charge in [0.15, 0.2) is 0 Å². The summed E-state index contributed by atoms with van der Waals surface area (Å²) in [4.78, 5) is 20.5. The van der Waals surface area contributed by atoms with Crippen molar-refractivity contribution in [3.05, 3.63) is 112 Å². The molecule has 1 aliphatic heterocycles. The van der Waals surface area contributed by atoms with E-state index < -0.39 is 0 Å². The van der Waals surface area contributed by atoms with E-state index in [9.17, 15) is 4.79 Å². The third-order valence-electron chi connectivity index (χ3n) is 7.27. The fourth-order valence-corrected chi connectivity index (χ4v) is 5.78. The van der Waals surface area contributed by atoms with E-state index >= 15 is 0 Å². The minimum atomic E-state index is -0.275. The number of nitrogens with zero attached hydrogens (tertiary/aromatic N) is 2. The van der Waals surface area contributed by atoms with Gasteiger partial charge in [0.25, 0.3) is 0 Å². The van der Waals surface area contributed by atoms with E-state index in [0.29, 0.717) is 17.7 Å². The molecule has 0 spiro atoms. The number of rotatable bonds is 6. The summed E-state index contributed by atoms with van der Waals surface area (Å²) in [6.45, 7) is 1.58. The van der Waals surface area contributed by atoms with Gasteiger partial charge in [0.05, 0.1) is 18.8 Å². The predicted octanol–water partition coefficient (Wildman–Crippen LogP) is 6.46. The van der Waals surface area contributed by atoms with Crippen molar-refractivity contribution in [1.82, 2.24) is 15.2 Å². The van der Waals surface area contributed by atoms with Gasteiger partial charge in [-0.25, -0.2) is 0 Å². The highest BCUT2D eigenvalue weighted by Gasteiger charge is 2.38. The third-order valence-corrected chi connectivity index (χ3v) is 8.05. The predicted molar refractivity (Wildman–Crippen MR) is 145 cm³/mol. The zero-order valence-electron chi connectivity index (χ0n) is 19.9. The maximum Gasteiger partial charge on any atom is 0.224 e. The standard InChI is InChI=1S/C29H29BrClN3O2/c30-23-5-1-20(2-6-23)27-19-25(34-15-17-36-18-16-34)9-10-26(27)29(35)33-28(22-11-13-32-14-12-22)21-3-7-24(31)8-4-21/h1-8,11-15,17,25-28H,9-10,16,18-19H2,(H,33,35)/t25-,26+,27-,28?/m0/s1. The fourth-order valence-electron chi connectivity index (χ4n) is 5.39. The molecule has 5 nitrogen and oxygen atoms in total. The number of carbonyl (C=O) groups is 1. The summed E-state index contributed by atoms with van der Waals surface area (Å²) in [6.07, 6.45) is 10.1. The van der Waals surface area contributed by atoms with Crippen LogP contribution in [0.1, 0.15) is 47.9 Å². The van der Waals surface area contributed by atoms with Gasteiger partial charge < -0.3 is 15.0 Å². The molecule has 0 bridgehead atoms. The quantitative estimate of drug-likeness (QED) is 0.372. The summed E-state index contributed by atoms with van der Waals surface area (Å²) in [5.74, 6) is 0.0798. The molecule has 2 heterocycles. The smallest absolute Gasteiger partial charge is 0.224 e. The lowest BCUT2D eigenvalue weighted by Crippen LogP contribution is -2.45. The second-order valence-corrected chi connectivity index (χ2v) is 10.8. The topological polar surface area (TPSA) is 54.5 Å². The van der Waals surface area contributed by atoms with Crippen molar-refractivity contribution in [3.63, 3.8) is 0 Å². The first-order chi connectivity index (χ1) is 17.6. The van der Waals surface area contributed by atoms with E-state index in [1.165, 1.54) is 5.56 Å². The van der Waals surface area contributed by atoms with Gasteiger partial charge >= 0.3 is 0 Å². The zero-order chi connectivity index (χ0) is 24.9. The Labute approximate surface area is 225 Å². The van der Waals surface area contributed by atoms with E-state index in [1.807, 2.05) is 42.6 Å². The number of nitrogens with one attached hydrogen (secondary N) is 1. The Bertz CT molecular complexity index is 1190. The minimum absolute atomic E-state index is 0.0793. The summed E-state index contributed by atoms with van der Waals surface area (Å²) in [7, 11) is 0. The van der Waals surface area contributed by atoms with Gasteiger partial charge in [-0.15, -0.1) is 0 Å². The lowest BCUT2D eigenvalue weighted by Gasteiger charge is -2.41. The minimum Gasteiger partial charge on any atom is -0.498 e. The number of hydrogen-bond acceptors (Lipinski definition) is 4. The van der Waals surface area contributed by atoms with Crippen LogP contribution in [0.3, 0.4) is 0 Å². The zero-order valence-corrected chi connectivity index (χ0v) is 22.2. The summed E-state index contributed by atoms with van der Waals surface area (Å²) in [6, 6.07) is 20.1. The van der Waals surface area contributed by atoms with Gasteiger partial charge in [0.2, 0.25) is 5.91 Å². The summed E-state index contributed by atoms with van der Waals surface area (Å²) in [5.41, 5.74) is 3.19. The van der Waals surface area contributed by atoms with Crippen molar-refractivity contribution in [2.45, 2.75) is 37.3 Å². The first kappa shape index (κ1) is 24.8. The van der Waals surface area contributed by atoms with Crippen LogP contribution >= 0.6 is 27.5 Å². The van der Waals surface area contributed by atoms with Gasteiger partial charge in [-0.05, 0) is 78.3 Å². The van der Waals surface area contributed by atoms with Crippen LogP contribution in [0.5, 0.6) is 0 Å². The molecule has 1 fully saturated rings. The second-order valence-electron chi connectivity index (χ2n) is 9.40. The Morgan fingerprint density at radius 2 is 1.75 bits per heavy atom. The molecule has 36 heavy (non-hydrogen) atoms. The van der Waals surface area contributed by atoms with E-state index in [-0.39, 0.29) is 23.8 Å². The number of aromatic nitrogens is 1. The van der Waals surface area contributed by atoms with Gasteiger partial charge in [-0.1, -0.05) is 51.8 Å².